The summed E-state index contributed by atoms with van der Waals surface area (Å²) in [4.78, 5) is 28.3. The molecular formula is C28H34ClN3O4S. The number of fused-ring (bicyclic) bond motifs is 1. The van der Waals surface area contributed by atoms with Crippen molar-refractivity contribution in [3.63, 3.8) is 0 Å². The zero-order valence-corrected chi connectivity index (χ0v) is 23.4. The number of nitrogens with zero attached hydrogens (tertiary/aromatic N) is 2. The fourth-order valence-corrected chi connectivity index (χ4v) is 5.32. The lowest BCUT2D eigenvalue weighted by molar-refractivity contribution is -0.142. The van der Waals surface area contributed by atoms with Crippen LogP contribution < -0.4 is 5.32 Å². The van der Waals surface area contributed by atoms with Crippen LogP contribution >= 0.6 is 11.6 Å². The zero-order valence-electron chi connectivity index (χ0n) is 21.9. The first-order chi connectivity index (χ1) is 17.3. The van der Waals surface area contributed by atoms with E-state index in [0.29, 0.717) is 11.4 Å². The number of nitrogens with one attached hydrogen (secondary N) is 1. The number of carbonyl (C=O) groups is 2. The van der Waals surface area contributed by atoms with Crippen molar-refractivity contribution in [1.29, 1.82) is 0 Å². The highest BCUT2D eigenvalue weighted by Crippen LogP contribution is 2.22. The smallest absolute Gasteiger partial charge is 0.243 e. The van der Waals surface area contributed by atoms with E-state index in [2.05, 4.69) is 5.32 Å². The van der Waals surface area contributed by atoms with Crippen LogP contribution in [0.15, 0.2) is 71.6 Å². The molecule has 0 saturated carbocycles. The molecule has 3 rings (SSSR count). The summed E-state index contributed by atoms with van der Waals surface area (Å²) in [6.45, 7) is 7.15. The van der Waals surface area contributed by atoms with Crippen LogP contribution in [0.4, 0.5) is 0 Å². The zero-order chi connectivity index (χ0) is 27.4. The van der Waals surface area contributed by atoms with Gasteiger partial charge in [-0.05, 0) is 67.8 Å². The molecule has 0 aliphatic heterocycles. The van der Waals surface area contributed by atoms with E-state index in [1.807, 2.05) is 52.0 Å². The molecular weight excluding hydrogens is 510 g/mol. The number of sulfonamides is 1. The molecule has 1 atom stereocenters. The van der Waals surface area contributed by atoms with Crippen LogP contribution in [-0.4, -0.2) is 54.6 Å². The molecule has 0 bridgehead atoms. The minimum Gasteiger partial charge on any atom is -0.350 e. The molecule has 0 unspecified atom stereocenters. The van der Waals surface area contributed by atoms with Gasteiger partial charge in [0.15, 0.2) is 0 Å². The SMILES string of the molecule is CC[C@@H](C(=O)NC(C)(C)C)N(Cc1ccc(Cl)cc1)C(=O)CN(C)S(=O)(=O)c1ccc2ccccc2c1. The molecule has 37 heavy (non-hydrogen) atoms. The average molecular weight is 544 g/mol. The maximum Gasteiger partial charge on any atom is 0.243 e. The Morgan fingerprint density at radius 1 is 0.973 bits per heavy atom. The first-order valence-electron chi connectivity index (χ1n) is 12.1. The molecule has 0 fully saturated rings. The van der Waals surface area contributed by atoms with Gasteiger partial charge in [0.1, 0.15) is 6.04 Å². The van der Waals surface area contributed by atoms with Gasteiger partial charge in [-0.25, -0.2) is 8.42 Å². The van der Waals surface area contributed by atoms with Crippen molar-refractivity contribution >= 4 is 44.2 Å². The number of benzene rings is 3. The molecule has 9 heteroatoms. The van der Waals surface area contributed by atoms with Gasteiger partial charge in [0, 0.05) is 24.2 Å². The van der Waals surface area contributed by atoms with E-state index in [1.54, 1.807) is 36.4 Å². The number of carbonyl (C=O) groups excluding carboxylic acids is 2. The summed E-state index contributed by atoms with van der Waals surface area (Å²) in [5.41, 5.74) is 0.287. The maximum atomic E-state index is 13.6. The van der Waals surface area contributed by atoms with Crippen LogP contribution in [0.25, 0.3) is 10.8 Å². The van der Waals surface area contributed by atoms with Crippen molar-refractivity contribution in [2.75, 3.05) is 13.6 Å². The number of halogens is 1. The molecule has 0 heterocycles. The van der Waals surface area contributed by atoms with Crippen molar-refractivity contribution in [2.24, 2.45) is 0 Å². The number of rotatable bonds is 9. The number of likely N-dealkylation sites (N-methyl/N-ethyl adjacent to an activating group) is 1. The normalized spacial score (nSPS) is 12.9. The van der Waals surface area contributed by atoms with E-state index in [9.17, 15) is 18.0 Å². The lowest BCUT2D eigenvalue weighted by Gasteiger charge is -2.34. The molecule has 0 saturated heterocycles. The summed E-state index contributed by atoms with van der Waals surface area (Å²) in [5.74, 6) is -0.768. The van der Waals surface area contributed by atoms with Crippen LogP contribution in [0.3, 0.4) is 0 Å². The standard InChI is InChI=1S/C28H34ClN3O4S/c1-6-25(27(34)30-28(2,3)4)32(18-20-11-14-23(29)15-12-20)26(33)19-31(5)37(35,36)24-16-13-21-9-7-8-10-22(21)17-24/h7-17,25H,6,18-19H2,1-5H3,(H,30,34)/t25-/m0/s1. The van der Waals surface area contributed by atoms with E-state index in [0.717, 1.165) is 20.6 Å². The van der Waals surface area contributed by atoms with Crippen molar-refractivity contribution < 1.29 is 18.0 Å². The third-order valence-corrected chi connectivity index (χ3v) is 7.99. The molecule has 0 aliphatic rings. The summed E-state index contributed by atoms with van der Waals surface area (Å²) in [7, 11) is -2.58. The van der Waals surface area contributed by atoms with Crippen molar-refractivity contribution in [2.45, 2.75) is 57.1 Å². The Balaban J connectivity index is 1.89. The fourth-order valence-electron chi connectivity index (χ4n) is 4.03. The Hall–Kier alpha value is -2.94. The van der Waals surface area contributed by atoms with Gasteiger partial charge < -0.3 is 10.2 Å². The fraction of sp³-hybridized carbons (Fsp3) is 0.357. The summed E-state index contributed by atoms with van der Waals surface area (Å²) in [6.07, 6.45) is 0.363. The lowest BCUT2D eigenvalue weighted by atomic mass is 10.1. The minimum absolute atomic E-state index is 0.100. The molecule has 0 radical (unpaired) electrons. The molecule has 198 valence electrons. The van der Waals surface area contributed by atoms with E-state index < -0.39 is 34.1 Å². The highest BCUT2D eigenvalue weighted by atomic mass is 35.5. The number of hydrogen-bond acceptors (Lipinski definition) is 4. The quantitative estimate of drug-likeness (QED) is 0.418. The second kappa shape index (κ2) is 11.6. The van der Waals surface area contributed by atoms with Crippen molar-refractivity contribution in [3.8, 4) is 0 Å². The monoisotopic (exact) mass is 543 g/mol. The third kappa shape index (κ3) is 7.31. The van der Waals surface area contributed by atoms with Gasteiger partial charge in [0.2, 0.25) is 21.8 Å². The first-order valence-corrected chi connectivity index (χ1v) is 13.9. The Kier molecular flexibility index (Phi) is 9.00. The largest absolute Gasteiger partial charge is 0.350 e. The van der Waals surface area contributed by atoms with Gasteiger partial charge >= 0.3 is 0 Å². The van der Waals surface area contributed by atoms with Crippen LogP contribution in [0, 0.1) is 0 Å². The molecule has 7 nitrogen and oxygen atoms in total. The van der Waals surface area contributed by atoms with E-state index in [4.69, 9.17) is 11.6 Å². The lowest BCUT2D eigenvalue weighted by Crippen LogP contribution is -2.55. The molecule has 1 N–H and O–H groups in total. The van der Waals surface area contributed by atoms with E-state index >= 15 is 0 Å². The first kappa shape index (κ1) is 28.6. The number of amides is 2. The van der Waals surface area contributed by atoms with Gasteiger partial charge in [-0.15, -0.1) is 0 Å². The molecule has 2 amide bonds. The minimum atomic E-state index is -3.95. The highest BCUT2D eigenvalue weighted by Gasteiger charge is 2.33. The van der Waals surface area contributed by atoms with Crippen LogP contribution in [0.5, 0.6) is 0 Å². The summed E-state index contributed by atoms with van der Waals surface area (Å²) >= 11 is 6.02. The van der Waals surface area contributed by atoms with Gasteiger partial charge in [0.05, 0.1) is 11.4 Å². The van der Waals surface area contributed by atoms with Gasteiger partial charge in [-0.2, -0.15) is 4.31 Å². The van der Waals surface area contributed by atoms with Crippen molar-refractivity contribution in [1.82, 2.24) is 14.5 Å². The number of hydrogen-bond donors (Lipinski definition) is 1. The summed E-state index contributed by atoms with van der Waals surface area (Å²) in [6, 6.07) is 18.6. The van der Waals surface area contributed by atoms with Crippen LogP contribution in [0.1, 0.15) is 39.7 Å². The summed E-state index contributed by atoms with van der Waals surface area (Å²) in [5, 5.41) is 5.21. The second-order valence-corrected chi connectivity index (χ2v) is 12.6. The van der Waals surface area contributed by atoms with Crippen molar-refractivity contribution in [3.05, 3.63) is 77.3 Å². The Morgan fingerprint density at radius 3 is 2.19 bits per heavy atom. The topological polar surface area (TPSA) is 86.8 Å². The second-order valence-electron chi connectivity index (χ2n) is 10.1. The Morgan fingerprint density at radius 2 is 1.59 bits per heavy atom. The van der Waals surface area contributed by atoms with E-state index in [1.165, 1.54) is 18.0 Å². The Bertz CT molecular complexity index is 1370. The van der Waals surface area contributed by atoms with Crippen LogP contribution in [-0.2, 0) is 26.2 Å². The average Bonchev–Trinajstić information content (AvgIpc) is 2.83. The Labute approximate surface area is 224 Å². The third-order valence-electron chi connectivity index (χ3n) is 5.94. The maximum absolute atomic E-state index is 13.6. The van der Waals surface area contributed by atoms with Gasteiger partial charge in [0.25, 0.3) is 0 Å². The predicted molar refractivity (Wildman–Crippen MR) is 148 cm³/mol. The summed E-state index contributed by atoms with van der Waals surface area (Å²) < 4.78 is 27.7. The van der Waals surface area contributed by atoms with E-state index in [-0.39, 0.29) is 17.3 Å². The highest BCUT2D eigenvalue weighted by molar-refractivity contribution is 7.89. The molecule has 0 aromatic heterocycles. The predicted octanol–water partition coefficient (Wildman–Crippen LogP) is 4.84. The van der Waals surface area contributed by atoms with Gasteiger partial charge in [-0.1, -0.05) is 61.0 Å². The van der Waals surface area contributed by atoms with Gasteiger partial charge in [-0.3, -0.25) is 9.59 Å². The molecule has 0 spiro atoms. The molecule has 3 aromatic rings. The molecule has 0 aliphatic carbocycles. The van der Waals surface area contributed by atoms with Crippen LogP contribution in [0.2, 0.25) is 5.02 Å². The molecule has 3 aromatic carbocycles.